The third-order valence-corrected chi connectivity index (χ3v) is 3.49. The van der Waals surface area contributed by atoms with E-state index in [0.717, 1.165) is 22.0 Å². The molecule has 0 aliphatic heterocycles. The molecule has 0 saturated heterocycles. The first-order valence-corrected chi connectivity index (χ1v) is 6.06. The van der Waals surface area contributed by atoms with Gasteiger partial charge < -0.3 is 5.32 Å². The first kappa shape index (κ1) is 10.2. The average Bonchev–Trinajstić information content (AvgIpc) is 2.82. The number of fused-ring (bicyclic) bond motifs is 1. The standard InChI is InChI=1S/C12H10N4S/c1-13-11-7-6-9(15-16-11)12-14-8-4-2-3-5-10(8)17-12/h2-7H,1H3,(H,13,16). The van der Waals surface area contributed by atoms with E-state index in [9.17, 15) is 0 Å². The molecule has 0 radical (unpaired) electrons. The maximum atomic E-state index is 4.53. The fourth-order valence-corrected chi connectivity index (χ4v) is 2.49. The van der Waals surface area contributed by atoms with Gasteiger partial charge in [0.2, 0.25) is 0 Å². The van der Waals surface area contributed by atoms with Crippen LogP contribution in [0.25, 0.3) is 20.9 Å². The normalized spacial score (nSPS) is 10.6. The monoisotopic (exact) mass is 242 g/mol. The maximum absolute atomic E-state index is 4.53. The topological polar surface area (TPSA) is 50.7 Å². The van der Waals surface area contributed by atoms with Gasteiger partial charge in [0.1, 0.15) is 16.5 Å². The zero-order valence-corrected chi connectivity index (χ0v) is 10.0. The van der Waals surface area contributed by atoms with Crippen LogP contribution >= 0.6 is 11.3 Å². The number of hydrogen-bond donors (Lipinski definition) is 1. The Labute approximate surface area is 102 Å². The summed E-state index contributed by atoms with van der Waals surface area (Å²) in [5.41, 5.74) is 1.82. The smallest absolute Gasteiger partial charge is 0.148 e. The fourth-order valence-electron chi connectivity index (χ4n) is 1.56. The molecule has 1 aromatic carbocycles. The Kier molecular flexibility index (Phi) is 2.45. The molecule has 3 rings (SSSR count). The average molecular weight is 242 g/mol. The highest BCUT2D eigenvalue weighted by Crippen LogP contribution is 2.28. The first-order chi connectivity index (χ1) is 8.36. The highest BCUT2D eigenvalue weighted by atomic mass is 32.1. The van der Waals surface area contributed by atoms with Gasteiger partial charge >= 0.3 is 0 Å². The molecule has 2 heterocycles. The second-order valence-electron chi connectivity index (χ2n) is 3.54. The molecule has 3 aromatic rings. The van der Waals surface area contributed by atoms with E-state index in [-0.39, 0.29) is 0 Å². The zero-order valence-electron chi connectivity index (χ0n) is 9.21. The summed E-state index contributed by atoms with van der Waals surface area (Å²) in [4.78, 5) is 4.53. The van der Waals surface area contributed by atoms with E-state index in [1.54, 1.807) is 11.3 Å². The van der Waals surface area contributed by atoms with Gasteiger partial charge in [0.05, 0.1) is 10.2 Å². The molecule has 2 aromatic heterocycles. The second-order valence-corrected chi connectivity index (χ2v) is 4.57. The van der Waals surface area contributed by atoms with E-state index >= 15 is 0 Å². The molecule has 0 aliphatic rings. The van der Waals surface area contributed by atoms with Crippen molar-refractivity contribution in [3.8, 4) is 10.7 Å². The Morgan fingerprint density at radius 3 is 2.65 bits per heavy atom. The van der Waals surface area contributed by atoms with Crippen molar-refractivity contribution in [2.75, 3.05) is 12.4 Å². The number of benzene rings is 1. The molecular formula is C12H10N4S. The third kappa shape index (κ3) is 1.85. The van der Waals surface area contributed by atoms with Crippen molar-refractivity contribution in [2.45, 2.75) is 0 Å². The van der Waals surface area contributed by atoms with E-state index < -0.39 is 0 Å². The number of aromatic nitrogens is 3. The van der Waals surface area contributed by atoms with Gasteiger partial charge in [-0.15, -0.1) is 21.5 Å². The molecule has 5 heteroatoms. The van der Waals surface area contributed by atoms with Crippen LogP contribution in [-0.2, 0) is 0 Å². The minimum absolute atomic E-state index is 0.759. The van der Waals surface area contributed by atoms with Crippen molar-refractivity contribution in [3.05, 3.63) is 36.4 Å². The molecule has 1 N–H and O–H groups in total. The quantitative estimate of drug-likeness (QED) is 0.750. The van der Waals surface area contributed by atoms with Gasteiger partial charge in [0.25, 0.3) is 0 Å². The van der Waals surface area contributed by atoms with Crippen molar-refractivity contribution in [3.63, 3.8) is 0 Å². The molecule has 17 heavy (non-hydrogen) atoms. The van der Waals surface area contributed by atoms with Crippen LogP contribution in [0.5, 0.6) is 0 Å². The summed E-state index contributed by atoms with van der Waals surface area (Å²) < 4.78 is 1.17. The van der Waals surface area contributed by atoms with Crippen molar-refractivity contribution < 1.29 is 0 Å². The largest absolute Gasteiger partial charge is 0.372 e. The maximum Gasteiger partial charge on any atom is 0.148 e. The van der Waals surface area contributed by atoms with Crippen LogP contribution in [0.15, 0.2) is 36.4 Å². The van der Waals surface area contributed by atoms with Crippen molar-refractivity contribution in [2.24, 2.45) is 0 Å². The minimum Gasteiger partial charge on any atom is -0.372 e. The summed E-state index contributed by atoms with van der Waals surface area (Å²) in [7, 11) is 1.82. The molecule has 0 aliphatic carbocycles. The number of rotatable bonds is 2. The zero-order chi connectivity index (χ0) is 11.7. The summed E-state index contributed by atoms with van der Waals surface area (Å²) in [5, 5.41) is 12.0. The van der Waals surface area contributed by atoms with Gasteiger partial charge in [-0.05, 0) is 24.3 Å². The molecular weight excluding hydrogens is 232 g/mol. The molecule has 0 fully saturated rings. The SMILES string of the molecule is CNc1ccc(-c2nc3ccccc3s2)nn1. The Morgan fingerprint density at radius 2 is 1.94 bits per heavy atom. The number of thiazole rings is 1. The lowest BCUT2D eigenvalue weighted by Gasteiger charge is -1.97. The lowest BCUT2D eigenvalue weighted by molar-refractivity contribution is 1.04. The van der Waals surface area contributed by atoms with Gasteiger partial charge in [-0.1, -0.05) is 12.1 Å². The highest BCUT2D eigenvalue weighted by Gasteiger charge is 2.07. The van der Waals surface area contributed by atoms with Crippen molar-refractivity contribution in [1.82, 2.24) is 15.2 Å². The molecule has 0 amide bonds. The van der Waals surface area contributed by atoms with Gasteiger partial charge in [0, 0.05) is 7.05 Å². The van der Waals surface area contributed by atoms with E-state index in [1.165, 1.54) is 4.70 Å². The molecule has 0 spiro atoms. The Morgan fingerprint density at radius 1 is 1.06 bits per heavy atom. The minimum atomic E-state index is 0.759. The van der Waals surface area contributed by atoms with Gasteiger partial charge in [0.15, 0.2) is 0 Å². The lowest BCUT2D eigenvalue weighted by Crippen LogP contribution is -1.94. The van der Waals surface area contributed by atoms with Gasteiger partial charge in [-0.2, -0.15) is 0 Å². The number of nitrogens with one attached hydrogen (secondary N) is 1. The lowest BCUT2D eigenvalue weighted by atomic mass is 10.3. The van der Waals surface area contributed by atoms with Crippen molar-refractivity contribution >= 4 is 27.4 Å². The highest BCUT2D eigenvalue weighted by molar-refractivity contribution is 7.21. The van der Waals surface area contributed by atoms with Crippen LogP contribution in [0, 0.1) is 0 Å². The van der Waals surface area contributed by atoms with Crippen LogP contribution in [0.4, 0.5) is 5.82 Å². The predicted octanol–water partition coefficient (Wildman–Crippen LogP) is 2.80. The van der Waals surface area contributed by atoms with E-state index in [4.69, 9.17) is 0 Å². The molecule has 0 atom stereocenters. The van der Waals surface area contributed by atoms with Crippen molar-refractivity contribution in [1.29, 1.82) is 0 Å². The van der Waals surface area contributed by atoms with Gasteiger partial charge in [-0.3, -0.25) is 0 Å². The number of para-hydroxylation sites is 1. The molecule has 0 unspecified atom stereocenters. The first-order valence-electron chi connectivity index (χ1n) is 5.24. The van der Waals surface area contributed by atoms with E-state index in [2.05, 4.69) is 26.6 Å². The van der Waals surface area contributed by atoms with Crippen LogP contribution in [0.3, 0.4) is 0 Å². The van der Waals surface area contributed by atoms with Crippen LogP contribution in [0.1, 0.15) is 0 Å². The van der Waals surface area contributed by atoms with Crippen LogP contribution < -0.4 is 5.32 Å². The number of anilines is 1. The van der Waals surface area contributed by atoms with Crippen LogP contribution in [-0.4, -0.2) is 22.2 Å². The fraction of sp³-hybridized carbons (Fsp3) is 0.0833. The molecule has 4 nitrogen and oxygen atoms in total. The number of nitrogens with zero attached hydrogens (tertiary/aromatic N) is 3. The third-order valence-electron chi connectivity index (χ3n) is 2.43. The Hall–Kier alpha value is -2.01. The number of hydrogen-bond acceptors (Lipinski definition) is 5. The summed E-state index contributed by atoms with van der Waals surface area (Å²) in [6.07, 6.45) is 0. The summed E-state index contributed by atoms with van der Waals surface area (Å²) >= 11 is 1.63. The molecule has 0 bridgehead atoms. The summed E-state index contributed by atoms with van der Waals surface area (Å²) in [5.74, 6) is 0.759. The molecule has 0 saturated carbocycles. The van der Waals surface area contributed by atoms with E-state index in [1.807, 2.05) is 37.4 Å². The second kappa shape index (κ2) is 4.10. The van der Waals surface area contributed by atoms with Gasteiger partial charge in [-0.25, -0.2) is 4.98 Å². The molecule has 84 valence electrons. The Bertz CT molecular complexity index is 612. The van der Waals surface area contributed by atoms with Crippen LogP contribution in [0.2, 0.25) is 0 Å². The van der Waals surface area contributed by atoms with E-state index in [0.29, 0.717) is 0 Å². The summed E-state index contributed by atoms with van der Waals surface area (Å²) in [6, 6.07) is 11.9. The predicted molar refractivity (Wildman–Crippen MR) is 70.2 cm³/mol. The summed E-state index contributed by atoms with van der Waals surface area (Å²) in [6.45, 7) is 0. The Balaban J connectivity index is 2.07.